The average Bonchev–Trinajstić information content (AvgIpc) is 2.28. The number of hydrogen-bond donors (Lipinski definition) is 2. The molecular formula is C11H20O4. The largest absolute Gasteiger partial charge is 0.501 e. The van der Waals surface area contributed by atoms with E-state index < -0.39 is 5.41 Å². The van der Waals surface area contributed by atoms with Crippen LogP contribution in [0.2, 0.25) is 0 Å². The number of hydrogen-bond acceptors (Lipinski definition) is 4. The molecule has 88 valence electrons. The van der Waals surface area contributed by atoms with Crippen molar-refractivity contribution in [3.63, 3.8) is 0 Å². The maximum absolute atomic E-state index is 9.21. The maximum atomic E-state index is 9.21. The van der Waals surface area contributed by atoms with Crippen LogP contribution in [0.4, 0.5) is 0 Å². The van der Waals surface area contributed by atoms with Crippen molar-refractivity contribution in [1.29, 1.82) is 0 Å². The van der Waals surface area contributed by atoms with E-state index in [0.29, 0.717) is 0 Å². The zero-order chi connectivity index (χ0) is 11.6. The second-order valence-electron chi connectivity index (χ2n) is 3.38. The lowest BCUT2D eigenvalue weighted by Gasteiger charge is -2.27. The minimum atomic E-state index is -0.751. The van der Waals surface area contributed by atoms with Crippen LogP contribution in [0.5, 0.6) is 0 Å². The van der Waals surface area contributed by atoms with Gasteiger partial charge in [0.05, 0.1) is 31.2 Å². The number of aliphatic hydroxyl groups is 2. The van der Waals surface area contributed by atoms with Gasteiger partial charge < -0.3 is 19.7 Å². The zero-order valence-corrected chi connectivity index (χ0v) is 9.35. The van der Waals surface area contributed by atoms with Crippen LogP contribution in [0.15, 0.2) is 24.7 Å². The summed E-state index contributed by atoms with van der Waals surface area (Å²) in [5.74, 6) is 0. The highest BCUT2D eigenvalue weighted by atomic mass is 16.5. The van der Waals surface area contributed by atoms with Crippen LogP contribution in [0.1, 0.15) is 13.8 Å². The fourth-order valence-corrected chi connectivity index (χ4v) is 0.916. The lowest BCUT2D eigenvalue weighted by atomic mass is 9.92. The smallest absolute Gasteiger partial charge is 0.101 e. The number of aliphatic hydroxyl groups excluding tert-OH is 2. The SMILES string of the molecule is CC=COCC(CO)(CO)COC=CC. The minimum Gasteiger partial charge on any atom is -0.501 e. The summed E-state index contributed by atoms with van der Waals surface area (Å²) >= 11 is 0. The van der Waals surface area contributed by atoms with Gasteiger partial charge in [-0.05, 0) is 13.8 Å². The van der Waals surface area contributed by atoms with Gasteiger partial charge in [0.2, 0.25) is 0 Å². The van der Waals surface area contributed by atoms with Crippen LogP contribution in [-0.4, -0.2) is 36.6 Å². The molecule has 0 aromatic rings. The third kappa shape index (κ3) is 5.44. The van der Waals surface area contributed by atoms with E-state index in [4.69, 9.17) is 9.47 Å². The molecule has 0 fully saturated rings. The molecular weight excluding hydrogens is 196 g/mol. The van der Waals surface area contributed by atoms with Gasteiger partial charge in [-0.1, -0.05) is 12.2 Å². The Morgan fingerprint density at radius 2 is 1.33 bits per heavy atom. The van der Waals surface area contributed by atoms with Crippen molar-refractivity contribution in [2.24, 2.45) is 5.41 Å². The summed E-state index contributed by atoms with van der Waals surface area (Å²) in [6.45, 7) is 3.74. The molecule has 0 rings (SSSR count). The topological polar surface area (TPSA) is 58.9 Å². The molecule has 0 heterocycles. The summed E-state index contributed by atoms with van der Waals surface area (Å²) in [6.07, 6.45) is 6.53. The Morgan fingerprint density at radius 1 is 0.933 bits per heavy atom. The van der Waals surface area contributed by atoms with Crippen molar-refractivity contribution in [2.45, 2.75) is 13.8 Å². The van der Waals surface area contributed by atoms with Gasteiger partial charge in [0.25, 0.3) is 0 Å². The highest BCUT2D eigenvalue weighted by Crippen LogP contribution is 2.17. The molecule has 0 saturated carbocycles. The van der Waals surface area contributed by atoms with Crippen LogP contribution in [-0.2, 0) is 9.47 Å². The lowest BCUT2D eigenvalue weighted by Crippen LogP contribution is -2.38. The second-order valence-corrected chi connectivity index (χ2v) is 3.38. The first-order chi connectivity index (χ1) is 7.24. The van der Waals surface area contributed by atoms with E-state index in [-0.39, 0.29) is 26.4 Å². The molecule has 0 aliphatic heterocycles. The molecule has 0 unspecified atom stereocenters. The van der Waals surface area contributed by atoms with Crippen molar-refractivity contribution in [3.05, 3.63) is 24.7 Å². The minimum absolute atomic E-state index is 0.182. The van der Waals surface area contributed by atoms with E-state index in [9.17, 15) is 10.2 Å². The predicted octanol–water partition coefficient (Wildman–Crippen LogP) is 1.06. The van der Waals surface area contributed by atoms with Gasteiger partial charge in [-0.25, -0.2) is 0 Å². The quantitative estimate of drug-likeness (QED) is 0.596. The van der Waals surface area contributed by atoms with Gasteiger partial charge in [-0.3, -0.25) is 0 Å². The molecule has 0 aromatic carbocycles. The van der Waals surface area contributed by atoms with E-state index >= 15 is 0 Å². The second kappa shape index (κ2) is 8.32. The van der Waals surface area contributed by atoms with Crippen molar-refractivity contribution >= 4 is 0 Å². The van der Waals surface area contributed by atoms with E-state index in [1.54, 1.807) is 12.2 Å². The fourth-order valence-electron chi connectivity index (χ4n) is 0.916. The van der Waals surface area contributed by atoms with Gasteiger partial charge in [0.15, 0.2) is 0 Å². The van der Waals surface area contributed by atoms with Gasteiger partial charge in [0, 0.05) is 0 Å². The fraction of sp³-hybridized carbons (Fsp3) is 0.636. The Morgan fingerprint density at radius 3 is 1.60 bits per heavy atom. The Hall–Kier alpha value is -1.00. The maximum Gasteiger partial charge on any atom is 0.101 e. The molecule has 15 heavy (non-hydrogen) atoms. The number of rotatable bonds is 8. The van der Waals surface area contributed by atoms with Gasteiger partial charge in [-0.2, -0.15) is 0 Å². The van der Waals surface area contributed by atoms with Crippen LogP contribution in [0.25, 0.3) is 0 Å². The molecule has 2 N–H and O–H groups in total. The average molecular weight is 216 g/mol. The van der Waals surface area contributed by atoms with Crippen LogP contribution < -0.4 is 0 Å². The Bertz CT molecular complexity index is 177. The molecule has 0 saturated heterocycles. The predicted molar refractivity (Wildman–Crippen MR) is 58.1 cm³/mol. The van der Waals surface area contributed by atoms with Crippen LogP contribution >= 0.6 is 0 Å². The molecule has 0 amide bonds. The molecule has 4 nitrogen and oxygen atoms in total. The van der Waals surface area contributed by atoms with Crippen LogP contribution in [0.3, 0.4) is 0 Å². The first-order valence-corrected chi connectivity index (χ1v) is 4.92. The summed E-state index contributed by atoms with van der Waals surface area (Å²) in [7, 11) is 0. The van der Waals surface area contributed by atoms with Gasteiger partial charge >= 0.3 is 0 Å². The lowest BCUT2D eigenvalue weighted by molar-refractivity contribution is -0.0407. The zero-order valence-electron chi connectivity index (χ0n) is 9.35. The van der Waals surface area contributed by atoms with Gasteiger partial charge in [-0.15, -0.1) is 0 Å². The third-order valence-electron chi connectivity index (χ3n) is 1.91. The number of allylic oxidation sites excluding steroid dienone is 2. The summed E-state index contributed by atoms with van der Waals surface area (Å²) in [5, 5.41) is 18.4. The van der Waals surface area contributed by atoms with E-state index in [1.165, 1.54) is 12.5 Å². The van der Waals surface area contributed by atoms with Crippen molar-refractivity contribution < 1.29 is 19.7 Å². The van der Waals surface area contributed by atoms with E-state index in [0.717, 1.165) is 0 Å². The van der Waals surface area contributed by atoms with Crippen LogP contribution in [0, 0.1) is 5.41 Å². The molecule has 0 aliphatic carbocycles. The Labute approximate surface area is 90.8 Å². The highest BCUT2D eigenvalue weighted by Gasteiger charge is 2.30. The molecule has 0 aromatic heterocycles. The molecule has 0 spiro atoms. The molecule has 4 heteroatoms. The Kier molecular flexibility index (Phi) is 7.77. The first kappa shape index (κ1) is 14.0. The highest BCUT2D eigenvalue weighted by molar-refractivity contribution is 4.80. The summed E-state index contributed by atoms with van der Waals surface area (Å²) < 4.78 is 10.3. The number of ether oxygens (including phenoxy) is 2. The monoisotopic (exact) mass is 216 g/mol. The normalized spacial score (nSPS) is 12.5. The Balaban J connectivity index is 4.16. The van der Waals surface area contributed by atoms with Crippen molar-refractivity contribution in [1.82, 2.24) is 0 Å². The third-order valence-corrected chi connectivity index (χ3v) is 1.91. The van der Waals surface area contributed by atoms with Crippen molar-refractivity contribution in [2.75, 3.05) is 26.4 Å². The van der Waals surface area contributed by atoms with Crippen molar-refractivity contribution in [3.8, 4) is 0 Å². The summed E-state index contributed by atoms with van der Waals surface area (Å²) in [5.41, 5.74) is -0.751. The van der Waals surface area contributed by atoms with E-state index in [2.05, 4.69) is 0 Å². The van der Waals surface area contributed by atoms with E-state index in [1.807, 2.05) is 13.8 Å². The van der Waals surface area contributed by atoms with Gasteiger partial charge in [0.1, 0.15) is 13.2 Å². The molecule has 0 bridgehead atoms. The summed E-state index contributed by atoms with van der Waals surface area (Å²) in [4.78, 5) is 0. The summed E-state index contributed by atoms with van der Waals surface area (Å²) in [6, 6.07) is 0. The molecule has 0 aliphatic rings. The molecule has 0 atom stereocenters. The first-order valence-electron chi connectivity index (χ1n) is 4.92. The molecule has 0 radical (unpaired) electrons. The standard InChI is InChI=1S/C11H20O4/c1-3-5-14-9-11(7-12,8-13)10-15-6-4-2/h3-6,12-13H,7-10H2,1-2H3.